The van der Waals surface area contributed by atoms with Crippen molar-refractivity contribution in [2.45, 2.75) is 31.3 Å². The highest BCUT2D eigenvalue weighted by atomic mass is 35.5. The minimum absolute atomic E-state index is 0. The molecule has 0 aliphatic heterocycles. The molecule has 2 atom stereocenters. The lowest BCUT2D eigenvalue weighted by Crippen LogP contribution is -2.43. The maximum atomic E-state index is 11.0. The van der Waals surface area contributed by atoms with Crippen molar-refractivity contribution >= 4 is 24.0 Å². The SMILES string of the molecule is CN(C)CC1CCCCC1(O)c1ccc(Cl)nc1.Cl. The van der Waals surface area contributed by atoms with E-state index in [1.54, 1.807) is 12.3 Å². The molecule has 2 rings (SSSR count). The van der Waals surface area contributed by atoms with Gasteiger partial charge in [0.15, 0.2) is 0 Å². The van der Waals surface area contributed by atoms with Crippen LogP contribution in [0.15, 0.2) is 18.3 Å². The molecule has 5 heteroatoms. The zero-order valence-corrected chi connectivity index (χ0v) is 13.0. The molecule has 2 unspecified atom stereocenters. The van der Waals surface area contributed by atoms with Gasteiger partial charge in [0.25, 0.3) is 0 Å². The summed E-state index contributed by atoms with van der Waals surface area (Å²) in [5.41, 5.74) is 0.151. The molecule has 108 valence electrons. The summed E-state index contributed by atoms with van der Waals surface area (Å²) in [6.07, 6.45) is 5.87. The average molecular weight is 305 g/mol. The van der Waals surface area contributed by atoms with Gasteiger partial charge in [0.05, 0.1) is 5.60 Å². The normalized spacial score (nSPS) is 27.1. The Kier molecular flexibility index (Phi) is 6.06. The van der Waals surface area contributed by atoms with Gasteiger partial charge >= 0.3 is 0 Å². The third-order valence-corrected chi connectivity index (χ3v) is 4.07. The van der Waals surface area contributed by atoms with Crippen LogP contribution in [0.3, 0.4) is 0 Å². The van der Waals surface area contributed by atoms with Gasteiger partial charge in [-0.3, -0.25) is 0 Å². The Bertz CT molecular complexity index is 397. The molecule has 0 radical (unpaired) electrons. The fourth-order valence-corrected chi connectivity index (χ4v) is 3.03. The Balaban J connectivity index is 0.00000180. The van der Waals surface area contributed by atoms with Crippen molar-refractivity contribution in [2.24, 2.45) is 5.92 Å². The van der Waals surface area contributed by atoms with Gasteiger partial charge in [0.2, 0.25) is 0 Å². The number of pyridine rings is 1. The lowest BCUT2D eigenvalue weighted by atomic mass is 9.71. The van der Waals surface area contributed by atoms with Gasteiger partial charge in [-0.25, -0.2) is 4.98 Å². The van der Waals surface area contributed by atoms with Crippen LogP contribution in [0.2, 0.25) is 5.15 Å². The molecule has 1 saturated carbocycles. The highest BCUT2D eigenvalue weighted by molar-refractivity contribution is 6.29. The number of rotatable bonds is 3. The van der Waals surface area contributed by atoms with Crippen LogP contribution in [-0.2, 0) is 5.60 Å². The first-order chi connectivity index (χ1) is 8.52. The van der Waals surface area contributed by atoms with Gasteiger partial charge in [0, 0.05) is 24.2 Å². The molecule has 0 saturated heterocycles. The molecule has 0 bridgehead atoms. The first kappa shape index (κ1) is 16.7. The van der Waals surface area contributed by atoms with Crippen molar-refractivity contribution in [2.75, 3.05) is 20.6 Å². The largest absolute Gasteiger partial charge is 0.385 e. The number of halogens is 2. The van der Waals surface area contributed by atoms with Crippen molar-refractivity contribution < 1.29 is 5.11 Å². The van der Waals surface area contributed by atoms with Crippen LogP contribution in [-0.4, -0.2) is 35.6 Å². The van der Waals surface area contributed by atoms with Crippen LogP contribution in [0.4, 0.5) is 0 Å². The third-order valence-electron chi connectivity index (χ3n) is 3.85. The van der Waals surface area contributed by atoms with E-state index in [9.17, 15) is 5.11 Å². The fraction of sp³-hybridized carbons (Fsp3) is 0.643. The lowest BCUT2D eigenvalue weighted by molar-refractivity contribution is -0.0620. The molecule has 0 spiro atoms. The number of hydrogen-bond donors (Lipinski definition) is 1. The van der Waals surface area contributed by atoms with E-state index in [1.807, 2.05) is 6.07 Å². The summed E-state index contributed by atoms with van der Waals surface area (Å²) in [5, 5.41) is 11.5. The van der Waals surface area contributed by atoms with E-state index < -0.39 is 5.60 Å². The summed E-state index contributed by atoms with van der Waals surface area (Å²) in [4.78, 5) is 6.25. The smallest absolute Gasteiger partial charge is 0.129 e. The first-order valence-corrected chi connectivity index (χ1v) is 6.89. The highest BCUT2D eigenvalue weighted by Gasteiger charge is 2.40. The molecule has 0 amide bonds. The fourth-order valence-electron chi connectivity index (χ4n) is 2.92. The Morgan fingerprint density at radius 1 is 1.42 bits per heavy atom. The minimum atomic E-state index is -0.750. The Labute approximate surface area is 126 Å². The van der Waals surface area contributed by atoms with E-state index in [-0.39, 0.29) is 18.3 Å². The molecule has 1 aromatic rings. The van der Waals surface area contributed by atoms with Crippen LogP contribution < -0.4 is 0 Å². The predicted molar refractivity (Wildman–Crippen MR) is 80.9 cm³/mol. The highest BCUT2D eigenvalue weighted by Crippen LogP contribution is 2.41. The average Bonchev–Trinajstić information content (AvgIpc) is 2.32. The van der Waals surface area contributed by atoms with Crippen LogP contribution >= 0.6 is 24.0 Å². The quantitative estimate of drug-likeness (QED) is 0.872. The second kappa shape index (κ2) is 6.89. The summed E-state index contributed by atoms with van der Waals surface area (Å²) < 4.78 is 0. The van der Waals surface area contributed by atoms with Crippen LogP contribution in [0.1, 0.15) is 31.2 Å². The summed E-state index contributed by atoms with van der Waals surface area (Å²) in [5.74, 6) is 0.268. The van der Waals surface area contributed by atoms with Crippen LogP contribution in [0, 0.1) is 5.92 Å². The molecular weight excluding hydrogens is 283 g/mol. The Morgan fingerprint density at radius 3 is 2.74 bits per heavy atom. The Hall–Kier alpha value is -0.350. The summed E-state index contributed by atoms with van der Waals surface area (Å²) in [6.45, 7) is 0.902. The van der Waals surface area contributed by atoms with E-state index in [2.05, 4.69) is 24.0 Å². The van der Waals surface area contributed by atoms with Crippen molar-refractivity contribution in [3.05, 3.63) is 29.0 Å². The molecule has 1 aliphatic carbocycles. The van der Waals surface area contributed by atoms with Crippen molar-refractivity contribution in [1.82, 2.24) is 9.88 Å². The zero-order valence-electron chi connectivity index (χ0n) is 11.5. The van der Waals surface area contributed by atoms with Gasteiger partial charge in [-0.05, 0) is 33.0 Å². The van der Waals surface area contributed by atoms with E-state index in [0.29, 0.717) is 5.15 Å². The van der Waals surface area contributed by atoms with Gasteiger partial charge in [-0.2, -0.15) is 0 Å². The number of aromatic nitrogens is 1. The molecule has 0 aromatic carbocycles. The summed E-state index contributed by atoms with van der Waals surface area (Å²) in [7, 11) is 4.10. The first-order valence-electron chi connectivity index (χ1n) is 6.51. The predicted octanol–water partition coefficient (Wildman–Crippen LogP) is 3.10. The molecule has 1 fully saturated rings. The van der Waals surface area contributed by atoms with E-state index >= 15 is 0 Å². The molecule has 1 aromatic heterocycles. The van der Waals surface area contributed by atoms with Gasteiger partial charge < -0.3 is 10.0 Å². The van der Waals surface area contributed by atoms with Gasteiger partial charge in [-0.15, -0.1) is 12.4 Å². The van der Waals surface area contributed by atoms with E-state index in [0.717, 1.165) is 31.4 Å². The standard InChI is InChI=1S/C14H21ClN2O.ClH/c1-17(2)10-12-5-3-4-8-14(12,18)11-6-7-13(15)16-9-11;/h6-7,9,12,18H,3-5,8,10H2,1-2H3;1H. The topological polar surface area (TPSA) is 36.4 Å². The van der Waals surface area contributed by atoms with Crippen molar-refractivity contribution in [3.63, 3.8) is 0 Å². The van der Waals surface area contributed by atoms with Gasteiger partial charge in [0.1, 0.15) is 5.15 Å². The molecule has 1 heterocycles. The maximum absolute atomic E-state index is 11.0. The van der Waals surface area contributed by atoms with Crippen LogP contribution in [0.5, 0.6) is 0 Å². The molecule has 1 N–H and O–H groups in total. The monoisotopic (exact) mass is 304 g/mol. The summed E-state index contributed by atoms with van der Waals surface area (Å²) in [6, 6.07) is 3.67. The van der Waals surface area contributed by atoms with Crippen LogP contribution in [0.25, 0.3) is 0 Å². The maximum Gasteiger partial charge on any atom is 0.129 e. The summed E-state index contributed by atoms with van der Waals surface area (Å²) >= 11 is 5.82. The number of hydrogen-bond acceptors (Lipinski definition) is 3. The molecule has 19 heavy (non-hydrogen) atoms. The van der Waals surface area contributed by atoms with Gasteiger partial charge in [-0.1, -0.05) is 30.5 Å². The lowest BCUT2D eigenvalue weighted by Gasteiger charge is -2.41. The van der Waals surface area contributed by atoms with E-state index in [4.69, 9.17) is 11.6 Å². The number of nitrogens with zero attached hydrogens (tertiary/aromatic N) is 2. The second-order valence-electron chi connectivity index (χ2n) is 5.50. The minimum Gasteiger partial charge on any atom is -0.385 e. The molecule has 1 aliphatic rings. The van der Waals surface area contributed by atoms with Crippen molar-refractivity contribution in [1.29, 1.82) is 0 Å². The van der Waals surface area contributed by atoms with E-state index in [1.165, 1.54) is 6.42 Å². The third kappa shape index (κ3) is 3.82. The second-order valence-corrected chi connectivity index (χ2v) is 5.89. The number of aliphatic hydroxyl groups is 1. The molecule has 3 nitrogen and oxygen atoms in total. The Morgan fingerprint density at radius 2 is 2.16 bits per heavy atom. The zero-order chi connectivity index (χ0) is 13.2. The van der Waals surface area contributed by atoms with Crippen molar-refractivity contribution in [3.8, 4) is 0 Å². The molecular formula is C14H22Cl2N2O.